The Morgan fingerprint density at radius 2 is 1.91 bits per heavy atom. The van der Waals surface area contributed by atoms with E-state index in [0.29, 0.717) is 11.4 Å². The van der Waals surface area contributed by atoms with Crippen LogP contribution < -0.4 is 4.74 Å². The Morgan fingerprint density at radius 3 is 2.45 bits per heavy atom. The van der Waals surface area contributed by atoms with Gasteiger partial charge in [0.05, 0.1) is 13.0 Å². The Labute approximate surface area is 135 Å². The summed E-state index contributed by atoms with van der Waals surface area (Å²) in [7, 11) is 1.64. The molecule has 0 aromatic heterocycles. The molecule has 22 heavy (non-hydrogen) atoms. The maximum absolute atomic E-state index is 11.6. The molecule has 1 atom stereocenters. The van der Waals surface area contributed by atoms with Gasteiger partial charge >= 0.3 is 5.97 Å². The second-order valence-electron chi connectivity index (χ2n) is 5.15. The van der Waals surface area contributed by atoms with E-state index >= 15 is 0 Å². The molecule has 0 aliphatic heterocycles. The molecule has 0 saturated carbocycles. The summed E-state index contributed by atoms with van der Waals surface area (Å²) in [5.74, 6) is -0.587. The molecule has 1 unspecified atom stereocenters. The van der Waals surface area contributed by atoms with Gasteiger partial charge in [-0.2, -0.15) is 0 Å². The topological polar surface area (TPSA) is 46.5 Å². The average molecular weight is 319 g/mol. The number of ether oxygens (including phenoxy) is 1. The molecule has 3 nitrogen and oxygen atoms in total. The number of methoxy groups -OCH3 is 1. The van der Waals surface area contributed by atoms with Gasteiger partial charge in [0, 0.05) is 5.02 Å². The van der Waals surface area contributed by atoms with Crippen molar-refractivity contribution >= 4 is 17.6 Å². The predicted octanol–water partition coefficient (Wildman–Crippen LogP) is 4.32. The molecule has 1 N–H and O–H groups in total. The van der Waals surface area contributed by atoms with E-state index in [2.05, 4.69) is 6.92 Å². The van der Waals surface area contributed by atoms with Crippen molar-refractivity contribution in [3.63, 3.8) is 0 Å². The van der Waals surface area contributed by atoms with E-state index in [1.54, 1.807) is 31.4 Å². The lowest BCUT2D eigenvalue weighted by atomic mass is 9.91. The van der Waals surface area contributed by atoms with E-state index in [-0.39, 0.29) is 0 Å². The first-order valence-corrected chi connectivity index (χ1v) is 7.57. The fraction of sp³-hybridized carbons (Fsp3) is 0.278. The van der Waals surface area contributed by atoms with Crippen molar-refractivity contribution in [1.82, 2.24) is 0 Å². The highest BCUT2D eigenvalue weighted by Gasteiger charge is 2.20. The number of hydrogen-bond donors (Lipinski definition) is 1. The quantitative estimate of drug-likeness (QED) is 0.862. The second kappa shape index (κ2) is 7.32. The van der Waals surface area contributed by atoms with Crippen LogP contribution in [0.15, 0.2) is 42.5 Å². The first-order valence-electron chi connectivity index (χ1n) is 7.19. The van der Waals surface area contributed by atoms with E-state index in [1.165, 1.54) is 0 Å². The second-order valence-corrected chi connectivity index (χ2v) is 5.58. The number of carboxylic acid groups (broad SMARTS) is 1. The van der Waals surface area contributed by atoms with Gasteiger partial charge in [-0.15, -0.1) is 0 Å². The van der Waals surface area contributed by atoms with Gasteiger partial charge in [-0.05, 0) is 47.7 Å². The molecule has 0 saturated heterocycles. The number of carboxylic acids is 1. The summed E-state index contributed by atoms with van der Waals surface area (Å²) in [5.41, 5.74) is 2.83. The molecule has 0 heterocycles. The van der Waals surface area contributed by atoms with E-state index in [9.17, 15) is 9.90 Å². The zero-order valence-corrected chi connectivity index (χ0v) is 13.4. The van der Waals surface area contributed by atoms with Crippen LogP contribution in [-0.4, -0.2) is 18.2 Å². The molecule has 0 fully saturated rings. The van der Waals surface area contributed by atoms with Gasteiger partial charge in [-0.3, -0.25) is 4.79 Å². The van der Waals surface area contributed by atoms with Crippen molar-refractivity contribution < 1.29 is 14.6 Å². The normalized spacial score (nSPS) is 12.0. The van der Waals surface area contributed by atoms with Gasteiger partial charge in [-0.1, -0.05) is 42.8 Å². The SMILES string of the molecule is CCc1cc(CC(C(=O)O)c2ccc(Cl)cc2)ccc1OC. The summed E-state index contributed by atoms with van der Waals surface area (Å²) in [6.07, 6.45) is 1.28. The van der Waals surface area contributed by atoms with Gasteiger partial charge in [0.1, 0.15) is 5.75 Å². The molecule has 2 rings (SSSR count). The zero-order chi connectivity index (χ0) is 16.1. The molecule has 0 aliphatic carbocycles. The maximum Gasteiger partial charge on any atom is 0.311 e. The van der Waals surface area contributed by atoms with Crippen molar-refractivity contribution in [3.8, 4) is 5.75 Å². The van der Waals surface area contributed by atoms with Crippen LogP contribution in [0.5, 0.6) is 5.75 Å². The summed E-state index contributed by atoms with van der Waals surface area (Å²) in [6, 6.07) is 12.8. The highest BCUT2D eigenvalue weighted by atomic mass is 35.5. The molecule has 0 radical (unpaired) electrons. The monoisotopic (exact) mass is 318 g/mol. The lowest BCUT2D eigenvalue weighted by Gasteiger charge is -2.15. The fourth-order valence-corrected chi connectivity index (χ4v) is 2.64. The van der Waals surface area contributed by atoms with E-state index in [4.69, 9.17) is 16.3 Å². The Kier molecular flexibility index (Phi) is 5.45. The number of halogens is 1. The van der Waals surface area contributed by atoms with Crippen LogP contribution >= 0.6 is 11.6 Å². The minimum atomic E-state index is -0.837. The number of rotatable bonds is 6. The molecule has 0 aliphatic rings. The third-order valence-corrected chi connectivity index (χ3v) is 3.99. The van der Waals surface area contributed by atoms with Crippen LogP contribution in [0.25, 0.3) is 0 Å². The highest BCUT2D eigenvalue weighted by molar-refractivity contribution is 6.30. The number of aryl methyl sites for hydroxylation is 1. The van der Waals surface area contributed by atoms with Crippen LogP contribution in [0.1, 0.15) is 29.5 Å². The van der Waals surface area contributed by atoms with Crippen molar-refractivity contribution in [2.45, 2.75) is 25.7 Å². The van der Waals surface area contributed by atoms with E-state index in [0.717, 1.165) is 28.9 Å². The summed E-state index contributed by atoms with van der Waals surface area (Å²) >= 11 is 5.87. The number of aliphatic carboxylic acids is 1. The van der Waals surface area contributed by atoms with Gasteiger partial charge in [0.2, 0.25) is 0 Å². The predicted molar refractivity (Wildman–Crippen MR) is 87.9 cm³/mol. The first kappa shape index (κ1) is 16.4. The summed E-state index contributed by atoms with van der Waals surface area (Å²) in [6.45, 7) is 2.05. The minimum absolute atomic E-state index is 0.438. The molecule has 2 aromatic rings. The van der Waals surface area contributed by atoms with Crippen molar-refractivity contribution in [3.05, 3.63) is 64.2 Å². The lowest BCUT2D eigenvalue weighted by Crippen LogP contribution is -2.14. The number of carbonyl (C=O) groups is 1. The number of hydrogen-bond acceptors (Lipinski definition) is 2. The van der Waals surface area contributed by atoms with Crippen LogP contribution in [0.2, 0.25) is 5.02 Å². The first-order chi connectivity index (χ1) is 10.5. The molecular formula is C18H19ClO3. The lowest BCUT2D eigenvalue weighted by molar-refractivity contribution is -0.138. The number of benzene rings is 2. The van der Waals surface area contributed by atoms with E-state index < -0.39 is 11.9 Å². The fourth-order valence-electron chi connectivity index (χ4n) is 2.51. The Hall–Kier alpha value is -2.00. The standard InChI is InChI=1S/C18H19ClO3/c1-3-13-10-12(4-9-17(13)22-2)11-16(18(20)21)14-5-7-15(19)8-6-14/h4-10,16H,3,11H2,1-2H3,(H,20,21). The third kappa shape index (κ3) is 3.80. The summed E-state index contributed by atoms with van der Waals surface area (Å²) in [4.78, 5) is 11.6. The highest BCUT2D eigenvalue weighted by Crippen LogP contribution is 2.26. The maximum atomic E-state index is 11.6. The van der Waals surface area contributed by atoms with Crippen LogP contribution in [0.4, 0.5) is 0 Å². The largest absolute Gasteiger partial charge is 0.496 e. The molecule has 116 valence electrons. The van der Waals surface area contributed by atoms with Gasteiger partial charge in [0.25, 0.3) is 0 Å². The molecule has 4 heteroatoms. The minimum Gasteiger partial charge on any atom is -0.496 e. The van der Waals surface area contributed by atoms with Crippen LogP contribution in [0, 0.1) is 0 Å². The molecular weight excluding hydrogens is 300 g/mol. The van der Waals surface area contributed by atoms with Gasteiger partial charge in [-0.25, -0.2) is 0 Å². The summed E-state index contributed by atoms with van der Waals surface area (Å²) in [5, 5.41) is 10.1. The Morgan fingerprint density at radius 1 is 1.23 bits per heavy atom. The smallest absolute Gasteiger partial charge is 0.311 e. The molecule has 2 aromatic carbocycles. The van der Waals surface area contributed by atoms with Crippen molar-refractivity contribution in [2.75, 3.05) is 7.11 Å². The third-order valence-electron chi connectivity index (χ3n) is 3.74. The zero-order valence-electron chi connectivity index (χ0n) is 12.7. The Balaban J connectivity index is 2.28. The van der Waals surface area contributed by atoms with Crippen LogP contribution in [-0.2, 0) is 17.6 Å². The van der Waals surface area contributed by atoms with Crippen molar-refractivity contribution in [1.29, 1.82) is 0 Å². The van der Waals surface area contributed by atoms with E-state index in [1.807, 2.05) is 18.2 Å². The molecule has 0 spiro atoms. The Bertz CT molecular complexity index is 650. The average Bonchev–Trinajstić information content (AvgIpc) is 2.53. The molecule has 0 amide bonds. The van der Waals surface area contributed by atoms with Gasteiger partial charge in [0.15, 0.2) is 0 Å². The van der Waals surface area contributed by atoms with Gasteiger partial charge < -0.3 is 9.84 Å². The van der Waals surface area contributed by atoms with Crippen molar-refractivity contribution in [2.24, 2.45) is 0 Å². The molecule has 0 bridgehead atoms. The van der Waals surface area contributed by atoms with Crippen LogP contribution in [0.3, 0.4) is 0 Å². The summed E-state index contributed by atoms with van der Waals surface area (Å²) < 4.78 is 5.31.